The van der Waals surface area contributed by atoms with Gasteiger partial charge in [0.2, 0.25) is 0 Å². The molecule has 0 bridgehead atoms. The lowest BCUT2D eigenvalue weighted by Gasteiger charge is -2.14. The Morgan fingerprint density at radius 3 is 1.55 bits per heavy atom. The Morgan fingerprint density at radius 1 is 0.493 bits per heavy atom. The van der Waals surface area contributed by atoms with Crippen LogP contribution >= 0.6 is 45.2 Å². The maximum atomic E-state index is 15.9. The minimum absolute atomic E-state index is 0.0338. The number of rotatable bonds is 17. The predicted molar refractivity (Wildman–Crippen MR) is 300 cm³/mol. The molecular weight excluding hydrogens is 1190 g/mol. The molecule has 0 aliphatic carbocycles. The first-order valence-electron chi connectivity index (χ1n) is 22.8. The summed E-state index contributed by atoms with van der Waals surface area (Å²) < 4.78 is 71.1. The number of benzene rings is 8. The lowest BCUT2D eigenvalue weighted by molar-refractivity contribution is -0.131. The van der Waals surface area contributed by atoms with E-state index in [2.05, 4.69) is 0 Å². The summed E-state index contributed by atoms with van der Waals surface area (Å²) in [6.07, 6.45) is 7.47. The Hall–Kier alpha value is -8.03. The highest BCUT2D eigenvalue weighted by Gasteiger charge is 2.21. The van der Waals surface area contributed by atoms with Crippen LogP contribution in [0.15, 0.2) is 152 Å². The second-order valence-electron chi connectivity index (χ2n) is 16.5. The van der Waals surface area contributed by atoms with Crippen molar-refractivity contribution in [1.29, 1.82) is 0 Å². The number of phenols is 1. The van der Waals surface area contributed by atoms with Gasteiger partial charge in [0.25, 0.3) is 0 Å². The van der Waals surface area contributed by atoms with E-state index < -0.39 is 29.5 Å². The molecule has 0 saturated carbocycles. The number of carbonyl (C=O) groups is 3. The minimum atomic E-state index is -0.825. The van der Waals surface area contributed by atoms with Crippen molar-refractivity contribution in [2.75, 3.05) is 21.3 Å². The summed E-state index contributed by atoms with van der Waals surface area (Å²) in [5, 5.41) is 10.5. The standard InChI is InChI=1S/C60H44F2I2O11/c1-35(65)73-58-22-14-41(28-53(58)60(68)75-45-18-11-36(12-19-45)5-7-38-23-46(69-2)31-47(24-38)70-3)51-29-42(56(64)33-55(51)62)34-72-49-26-39(25-48(32-49)71-4)8-6-37-9-16-44(17-10-37)74-59(67)52-27-40(13-21-57(52)66)50-20-15-43(63)30-54(50)61/h5-33,66H,34H2,1-4H3/b7-5+,8-6+. The molecule has 0 spiro atoms. The van der Waals surface area contributed by atoms with E-state index in [9.17, 15) is 23.9 Å². The molecule has 0 saturated heterocycles. The van der Waals surface area contributed by atoms with Gasteiger partial charge >= 0.3 is 17.9 Å². The van der Waals surface area contributed by atoms with Gasteiger partial charge in [-0.2, -0.15) is 0 Å². The van der Waals surface area contributed by atoms with Crippen molar-refractivity contribution in [3.63, 3.8) is 0 Å². The van der Waals surface area contributed by atoms with E-state index in [4.69, 9.17) is 33.2 Å². The highest BCUT2D eigenvalue weighted by molar-refractivity contribution is 14.1. The van der Waals surface area contributed by atoms with Crippen molar-refractivity contribution < 1.29 is 61.4 Å². The highest BCUT2D eigenvalue weighted by Crippen LogP contribution is 2.35. The van der Waals surface area contributed by atoms with Gasteiger partial charge in [0.15, 0.2) is 0 Å². The number of ether oxygens (including phenoxy) is 7. The van der Waals surface area contributed by atoms with Gasteiger partial charge in [0.1, 0.15) is 75.4 Å². The molecule has 0 atom stereocenters. The summed E-state index contributed by atoms with van der Waals surface area (Å²) in [5.41, 5.74) is 4.81. The monoisotopic (exact) mass is 1230 g/mol. The normalized spacial score (nSPS) is 11.1. The minimum Gasteiger partial charge on any atom is -0.507 e. The van der Waals surface area contributed by atoms with Crippen LogP contribution in [0.3, 0.4) is 0 Å². The summed E-state index contributed by atoms with van der Waals surface area (Å²) in [4.78, 5) is 39.0. The van der Waals surface area contributed by atoms with Crippen LogP contribution in [0.5, 0.6) is 46.0 Å². The van der Waals surface area contributed by atoms with Crippen LogP contribution in [-0.2, 0) is 11.4 Å². The van der Waals surface area contributed by atoms with Crippen molar-refractivity contribution in [2.45, 2.75) is 13.5 Å². The third kappa shape index (κ3) is 13.8. The van der Waals surface area contributed by atoms with Gasteiger partial charge in [0, 0.05) is 42.9 Å². The smallest absolute Gasteiger partial charge is 0.347 e. The number of halogens is 4. The Kier molecular flexibility index (Phi) is 17.3. The van der Waals surface area contributed by atoms with Gasteiger partial charge < -0.3 is 38.3 Å². The summed E-state index contributed by atoms with van der Waals surface area (Å²) in [6, 6.07) is 40.7. The Balaban J connectivity index is 0.939. The van der Waals surface area contributed by atoms with Crippen LogP contribution in [0, 0.1) is 18.8 Å². The molecular formula is C60H44F2I2O11. The van der Waals surface area contributed by atoms with E-state index in [0.29, 0.717) is 43.3 Å². The number of aromatic hydroxyl groups is 1. The third-order valence-electron chi connectivity index (χ3n) is 11.4. The molecule has 0 radical (unpaired) electrons. The molecule has 15 heteroatoms. The molecule has 75 heavy (non-hydrogen) atoms. The fraction of sp³-hybridized carbons (Fsp3) is 0.0833. The van der Waals surface area contributed by atoms with Gasteiger partial charge in [-0.25, -0.2) is 18.4 Å². The Bertz CT molecular complexity index is 3480. The first-order valence-corrected chi connectivity index (χ1v) is 25.0. The number of methoxy groups -OCH3 is 3. The average molecular weight is 1230 g/mol. The maximum Gasteiger partial charge on any atom is 0.347 e. The van der Waals surface area contributed by atoms with Crippen LogP contribution in [0.1, 0.15) is 55.5 Å². The quantitative estimate of drug-likeness (QED) is 0.0404. The second kappa shape index (κ2) is 24.3. The van der Waals surface area contributed by atoms with Gasteiger partial charge in [-0.05, 0) is 176 Å². The predicted octanol–water partition coefficient (Wildman–Crippen LogP) is 14.5. The SMILES string of the molecule is COc1cc(/C=C/c2ccc(OC(=O)c3cc(-c4cc(COc5cc(/C=C/c6ccc(OC(=O)c7cc(-c8ccc(I)cc8F)ccc7O)cc6)cc(OC)c5)c(I)cc4F)ccc3OC(C)=O)cc2)cc(OC)c1. The van der Waals surface area contributed by atoms with E-state index in [-0.39, 0.29) is 51.9 Å². The molecule has 1 N–H and O–H groups in total. The lowest BCUT2D eigenvalue weighted by atomic mass is 10.00. The largest absolute Gasteiger partial charge is 0.507 e. The summed E-state index contributed by atoms with van der Waals surface area (Å²) >= 11 is 4.04. The first kappa shape index (κ1) is 53.3. The Morgan fingerprint density at radius 2 is 0.987 bits per heavy atom. The first-order chi connectivity index (χ1) is 36.1. The van der Waals surface area contributed by atoms with Crippen LogP contribution in [0.25, 0.3) is 46.6 Å². The number of phenolic OH excluding ortho intramolecular Hbond substituents is 1. The zero-order chi connectivity index (χ0) is 53.2. The average Bonchev–Trinajstić information content (AvgIpc) is 3.40. The van der Waals surface area contributed by atoms with Crippen LogP contribution in [0.2, 0.25) is 0 Å². The number of hydrogen-bond acceptors (Lipinski definition) is 11. The van der Waals surface area contributed by atoms with Crippen LogP contribution in [0.4, 0.5) is 8.78 Å². The molecule has 0 heterocycles. The molecule has 8 aromatic carbocycles. The van der Waals surface area contributed by atoms with E-state index in [1.165, 1.54) is 56.5 Å². The molecule has 0 aliphatic heterocycles. The van der Waals surface area contributed by atoms with Gasteiger partial charge in [-0.3, -0.25) is 4.79 Å². The van der Waals surface area contributed by atoms with Crippen molar-refractivity contribution >= 4 is 87.4 Å². The van der Waals surface area contributed by atoms with E-state index in [0.717, 1.165) is 25.8 Å². The zero-order valence-electron chi connectivity index (χ0n) is 40.5. The zero-order valence-corrected chi connectivity index (χ0v) is 44.8. The molecule has 0 aromatic heterocycles. The molecule has 0 amide bonds. The van der Waals surface area contributed by atoms with Gasteiger partial charge in [0.05, 0.1) is 21.3 Å². The van der Waals surface area contributed by atoms with E-state index >= 15 is 4.39 Å². The van der Waals surface area contributed by atoms with Gasteiger partial charge in [-0.1, -0.05) is 66.8 Å². The van der Waals surface area contributed by atoms with Gasteiger partial charge in [-0.15, -0.1) is 0 Å². The van der Waals surface area contributed by atoms with E-state index in [1.807, 2.05) is 93.8 Å². The molecule has 8 aromatic rings. The highest BCUT2D eigenvalue weighted by atomic mass is 127. The Labute approximate surface area is 458 Å². The molecule has 11 nitrogen and oxygen atoms in total. The molecule has 0 unspecified atom stereocenters. The van der Waals surface area contributed by atoms with Crippen LogP contribution in [-0.4, -0.2) is 44.3 Å². The van der Waals surface area contributed by atoms with Crippen molar-refractivity contribution in [1.82, 2.24) is 0 Å². The fourth-order valence-corrected chi connectivity index (χ4v) is 8.64. The molecule has 378 valence electrons. The summed E-state index contributed by atoms with van der Waals surface area (Å²) in [6.45, 7) is 1.24. The van der Waals surface area contributed by atoms with E-state index in [1.54, 1.807) is 99.1 Å². The van der Waals surface area contributed by atoms with Crippen molar-refractivity contribution in [3.05, 3.63) is 209 Å². The molecule has 0 aliphatic rings. The van der Waals surface area contributed by atoms with Crippen LogP contribution < -0.4 is 33.2 Å². The number of carbonyl (C=O) groups excluding carboxylic acids is 3. The fourth-order valence-electron chi connectivity index (χ4n) is 7.60. The molecule has 0 fully saturated rings. The number of hydrogen-bond donors (Lipinski definition) is 1. The topological polar surface area (TPSA) is 136 Å². The lowest BCUT2D eigenvalue weighted by Crippen LogP contribution is -2.13. The number of esters is 3. The maximum absolute atomic E-state index is 15.9. The summed E-state index contributed by atoms with van der Waals surface area (Å²) in [5.74, 6) is -0.921. The third-order valence-corrected chi connectivity index (χ3v) is 13.1. The van der Waals surface area contributed by atoms with Crippen molar-refractivity contribution in [3.8, 4) is 68.2 Å². The second-order valence-corrected chi connectivity index (χ2v) is 19.0. The summed E-state index contributed by atoms with van der Waals surface area (Å²) in [7, 11) is 4.69. The van der Waals surface area contributed by atoms with Crippen molar-refractivity contribution in [2.24, 2.45) is 0 Å². The molecule has 8 rings (SSSR count).